The molecule has 1 aromatic heterocycles. The molecule has 3 heteroatoms. The summed E-state index contributed by atoms with van der Waals surface area (Å²) in [6, 6.07) is 0.527. The summed E-state index contributed by atoms with van der Waals surface area (Å²) in [6.07, 6.45) is 10.7. The summed E-state index contributed by atoms with van der Waals surface area (Å²) in [5, 5.41) is 3.45. The Kier molecular flexibility index (Phi) is 7.80. The molecular weight excluding hydrogens is 234 g/mol. The zero-order valence-electron chi connectivity index (χ0n) is 13.2. The van der Waals surface area contributed by atoms with Gasteiger partial charge in [0.1, 0.15) is 0 Å². The fraction of sp³-hybridized carbons (Fsp3) is 0.812. The Balaban J connectivity index is 2.17. The first-order valence-corrected chi connectivity index (χ1v) is 7.82. The van der Waals surface area contributed by atoms with E-state index in [2.05, 4.69) is 42.6 Å². The Morgan fingerprint density at radius 1 is 1.11 bits per heavy atom. The zero-order valence-corrected chi connectivity index (χ0v) is 13.2. The van der Waals surface area contributed by atoms with Crippen LogP contribution in [-0.2, 0) is 13.1 Å². The third-order valence-electron chi connectivity index (χ3n) is 3.42. The lowest BCUT2D eigenvalue weighted by atomic mass is 10.0. The molecule has 1 rings (SSSR count). The molecule has 3 nitrogen and oxygen atoms in total. The van der Waals surface area contributed by atoms with Crippen LogP contribution in [-0.4, -0.2) is 15.6 Å². The van der Waals surface area contributed by atoms with Crippen molar-refractivity contribution in [3.63, 3.8) is 0 Å². The van der Waals surface area contributed by atoms with Gasteiger partial charge in [0, 0.05) is 25.3 Å². The molecule has 0 spiro atoms. The summed E-state index contributed by atoms with van der Waals surface area (Å²) in [5.74, 6) is 0.849. The molecule has 0 aliphatic heterocycles. The molecule has 0 aliphatic carbocycles. The molecule has 0 aliphatic rings. The van der Waals surface area contributed by atoms with Crippen LogP contribution >= 0.6 is 0 Å². The molecule has 0 unspecified atom stereocenters. The Bertz CT molecular complexity index is 328. The van der Waals surface area contributed by atoms with Crippen molar-refractivity contribution in [3.05, 3.63) is 18.2 Å². The molecule has 1 N–H and O–H groups in total. The topological polar surface area (TPSA) is 29.9 Å². The molecule has 0 aromatic carbocycles. The molecular formula is C16H31N3. The number of rotatable bonds is 10. The first-order valence-electron chi connectivity index (χ1n) is 7.82. The largest absolute Gasteiger partial charge is 0.333 e. The summed E-state index contributed by atoms with van der Waals surface area (Å²) >= 11 is 0. The minimum atomic E-state index is 0.527. The third-order valence-corrected chi connectivity index (χ3v) is 3.42. The highest BCUT2D eigenvalue weighted by atomic mass is 15.1. The van der Waals surface area contributed by atoms with Gasteiger partial charge in [-0.05, 0) is 12.3 Å². The van der Waals surface area contributed by atoms with Crippen LogP contribution in [0.25, 0.3) is 0 Å². The average Bonchev–Trinajstić information content (AvgIpc) is 2.78. The van der Waals surface area contributed by atoms with Crippen molar-refractivity contribution >= 4 is 0 Å². The van der Waals surface area contributed by atoms with Crippen LogP contribution in [0.15, 0.2) is 12.5 Å². The summed E-state index contributed by atoms with van der Waals surface area (Å²) in [7, 11) is 0. The number of nitrogens with one attached hydrogen (secondary N) is 1. The fourth-order valence-corrected chi connectivity index (χ4v) is 2.19. The van der Waals surface area contributed by atoms with Crippen molar-refractivity contribution in [3.8, 4) is 0 Å². The van der Waals surface area contributed by atoms with Gasteiger partial charge in [0.05, 0.1) is 12.0 Å². The highest BCUT2D eigenvalue weighted by Gasteiger charge is 2.02. The maximum absolute atomic E-state index is 4.26. The average molecular weight is 265 g/mol. The van der Waals surface area contributed by atoms with E-state index in [4.69, 9.17) is 0 Å². The van der Waals surface area contributed by atoms with Crippen molar-refractivity contribution in [1.82, 2.24) is 14.9 Å². The minimum Gasteiger partial charge on any atom is -0.333 e. The number of hydrogen-bond acceptors (Lipinski definition) is 2. The summed E-state index contributed by atoms with van der Waals surface area (Å²) in [5.41, 5.74) is 1.30. The van der Waals surface area contributed by atoms with Crippen molar-refractivity contribution in [2.24, 2.45) is 5.92 Å². The van der Waals surface area contributed by atoms with Crippen LogP contribution in [0.2, 0.25) is 0 Å². The van der Waals surface area contributed by atoms with E-state index in [1.165, 1.54) is 37.8 Å². The Morgan fingerprint density at radius 3 is 2.53 bits per heavy atom. The molecule has 0 bridgehead atoms. The first-order chi connectivity index (χ1) is 9.09. The molecule has 0 fully saturated rings. The summed E-state index contributed by atoms with van der Waals surface area (Å²) in [6.45, 7) is 11.0. The predicted molar refractivity (Wildman–Crippen MR) is 82.1 cm³/mol. The molecule has 0 radical (unpaired) electrons. The smallest absolute Gasteiger partial charge is 0.0948 e. The summed E-state index contributed by atoms with van der Waals surface area (Å²) in [4.78, 5) is 4.26. The molecule has 0 amide bonds. The maximum atomic E-state index is 4.26. The standard InChI is InChI=1S/C16H31N3/c1-14(2)9-7-5-6-8-10-19-13-17-11-16(19)12-18-15(3)4/h11,13-15,18H,5-10,12H2,1-4H3. The van der Waals surface area contributed by atoms with Crippen molar-refractivity contribution in [1.29, 1.82) is 0 Å². The Morgan fingerprint density at radius 2 is 1.84 bits per heavy atom. The Labute approximate surface area is 118 Å². The lowest BCUT2D eigenvalue weighted by Gasteiger charge is -2.11. The molecule has 0 saturated carbocycles. The lowest BCUT2D eigenvalue weighted by molar-refractivity contribution is 0.496. The number of nitrogens with zero attached hydrogens (tertiary/aromatic N) is 2. The van der Waals surface area contributed by atoms with Gasteiger partial charge in [-0.3, -0.25) is 0 Å². The predicted octanol–water partition coefficient (Wildman–Crippen LogP) is 3.99. The lowest BCUT2D eigenvalue weighted by Crippen LogP contribution is -2.23. The molecule has 19 heavy (non-hydrogen) atoms. The van der Waals surface area contributed by atoms with Gasteiger partial charge in [-0.15, -0.1) is 0 Å². The first kappa shape index (κ1) is 16.2. The van der Waals surface area contributed by atoms with Crippen molar-refractivity contribution in [2.45, 2.75) is 78.9 Å². The van der Waals surface area contributed by atoms with Crippen molar-refractivity contribution in [2.75, 3.05) is 0 Å². The normalized spacial score (nSPS) is 11.7. The number of unbranched alkanes of at least 4 members (excludes halogenated alkanes) is 3. The van der Waals surface area contributed by atoms with E-state index in [1.54, 1.807) is 0 Å². The van der Waals surface area contributed by atoms with Crippen LogP contribution in [0.3, 0.4) is 0 Å². The highest BCUT2D eigenvalue weighted by molar-refractivity contribution is 4.98. The van der Waals surface area contributed by atoms with Crippen LogP contribution in [0.1, 0.15) is 65.5 Å². The van der Waals surface area contributed by atoms with E-state index in [0.717, 1.165) is 19.0 Å². The van der Waals surface area contributed by atoms with E-state index < -0.39 is 0 Å². The van der Waals surface area contributed by atoms with Gasteiger partial charge >= 0.3 is 0 Å². The molecule has 0 atom stereocenters. The van der Waals surface area contributed by atoms with Gasteiger partial charge in [0.2, 0.25) is 0 Å². The van der Waals surface area contributed by atoms with Gasteiger partial charge < -0.3 is 9.88 Å². The second-order valence-electron chi connectivity index (χ2n) is 6.21. The van der Waals surface area contributed by atoms with E-state index in [1.807, 2.05) is 12.5 Å². The second-order valence-corrected chi connectivity index (χ2v) is 6.21. The third kappa shape index (κ3) is 7.36. The van der Waals surface area contributed by atoms with E-state index in [9.17, 15) is 0 Å². The minimum absolute atomic E-state index is 0.527. The fourth-order valence-electron chi connectivity index (χ4n) is 2.19. The van der Waals surface area contributed by atoms with E-state index >= 15 is 0 Å². The number of imidazole rings is 1. The van der Waals surface area contributed by atoms with Gasteiger partial charge in [0.25, 0.3) is 0 Å². The van der Waals surface area contributed by atoms with Gasteiger partial charge in [0.15, 0.2) is 0 Å². The van der Waals surface area contributed by atoms with Crippen molar-refractivity contribution < 1.29 is 0 Å². The molecule has 1 heterocycles. The Hall–Kier alpha value is -0.830. The number of aryl methyl sites for hydroxylation is 1. The quantitative estimate of drug-likeness (QED) is 0.648. The molecule has 1 aromatic rings. The molecule has 110 valence electrons. The number of hydrogen-bond donors (Lipinski definition) is 1. The van der Waals surface area contributed by atoms with Crippen LogP contribution < -0.4 is 5.32 Å². The van der Waals surface area contributed by atoms with Gasteiger partial charge in [-0.2, -0.15) is 0 Å². The van der Waals surface area contributed by atoms with E-state index in [0.29, 0.717) is 6.04 Å². The zero-order chi connectivity index (χ0) is 14.1. The number of aromatic nitrogens is 2. The highest BCUT2D eigenvalue weighted by Crippen LogP contribution is 2.10. The van der Waals surface area contributed by atoms with Gasteiger partial charge in [-0.25, -0.2) is 4.98 Å². The van der Waals surface area contributed by atoms with Gasteiger partial charge in [-0.1, -0.05) is 53.4 Å². The maximum Gasteiger partial charge on any atom is 0.0948 e. The van der Waals surface area contributed by atoms with Crippen LogP contribution in [0.4, 0.5) is 0 Å². The monoisotopic (exact) mass is 265 g/mol. The molecule has 0 saturated heterocycles. The van der Waals surface area contributed by atoms with Crippen LogP contribution in [0, 0.1) is 5.92 Å². The van der Waals surface area contributed by atoms with E-state index in [-0.39, 0.29) is 0 Å². The van der Waals surface area contributed by atoms with Crippen LogP contribution in [0.5, 0.6) is 0 Å². The SMILES string of the molecule is CC(C)CCCCCCn1cncc1CNC(C)C. The second kappa shape index (κ2) is 9.13. The summed E-state index contributed by atoms with van der Waals surface area (Å²) < 4.78 is 2.29.